The van der Waals surface area contributed by atoms with Crippen molar-refractivity contribution >= 4 is 5.97 Å². The Bertz CT molecular complexity index is 774. The number of nitrogens with zero attached hydrogens (tertiary/aromatic N) is 3. The third kappa shape index (κ3) is 6.11. The molecule has 28 heavy (non-hydrogen) atoms. The predicted octanol–water partition coefficient (Wildman–Crippen LogP) is 4.81. The average molecular weight is 382 g/mol. The molecule has 0 amide bonds. The van der Waals surface area contributed by atoms with Crippen LogP contribution >= 0.6 is 0 Å². The second-order valence-electron chi connectivity index (χ2n) is 7.93. The first-order valence-electron chi connectivity index (χ1n) is 10.6. The van der Waals surface area contributed by atoms with Crippen LogP contribution in [0.2, 0.25) is 0 Å². The number of fused-ring (bicyclic) bond motifs is 1. The van der Waals surface area contributed by atoms with E-state index < -0.39 is 5.97 Å². The molecule has 0 saturated carbocycles. The highest BCUT2D eigenvalue weighted by Gasteiger charge is 2.16. The van der Waals surface area contributed by atoms with E-state index in [2.05, 4.69) is 22.1 Å². The smallest absolute Gasteiger partial charge is 0.303 e. The molecule has 0 bridgehead atoms. The van der Waals surface area contributed by atoms with Crippen LogP contribution in [0.5, 0.6) is 0 Å². The molecule has 5 heteroatoms. The lowest BCUT2D eigenvalue weighted by atomic mass is 9.92. The first-order valence-corrected chi connectivity index (χ1v) is 10.6. The van der Waals surface area contributed by atoms with Crippen molar-refractivity contribution in [3.05, 3.63) is 52.9 Å². The number of hydrogen-bond donors (Lipinski definition) is 1. The molecule has 3 rings (SSSR count). The van der Waals surface area contributed by atoms with E-state index in [1.54, 1.807) is 12.4 Å². The van der Waals surface area contributed by atoms with E-state index in [-0.39, 0.29) is 12.3 Å². The van der Waals surface area contributed by atoms with Gasteiger partial charge in [-0.2, -0.15) is 0 Å². The number of hydrogen-bond acceptors (Lipinski definition) is 4. The number of aryl methyl sites for hydroxylation is 4. The molecule has 0 radical (unpaired) electrons. The van der Waals surface area contributed by atoms with E-state index in [4.69, 9.17) is 4.98 Å². The van der Waals surface area contributed by atoms with Crippen molar-refractivity contribution in [1.29, 1.82) is 0 Å². The molecule has 5 nitrogen and oxygen atoms in total. The predicted molar refractivity (Wildman–Crippen MR) is 109 cm³/mol. The van der Waals surface area contributed by atoms with Crippen LogP contribution < -0.4 is 0 Å². The highest BCUT2D eigenvalue weighted by atomic mass is 16.4. The number of rotatable bonds is 10. The molecular weight excluding hydrogens is 350 g/mol. The maximum atomic E-state index is 11.2. The van der Waals surface area contributed by atoms with E-state index >= 15 is 0 Å². The van der Waals surface area contributed by atoms with E-state index in [1.165, 1.54) is 36.2 Å². The fourth-order valence-electron chi connectivity index (χ4n) is 4.03. The summed E-state index contributed by atoms with van der Waals surface area (Å²) in [6.45, 7) is 1.84. The van der Waals surface area contributed by atoms with Gasteiger partial charge in [0, 0.05) is 23.8 Å². The van der Waals surface area contributed by atoms with E-state index in [9.17, 15) is 9.90 Å². The van der Waals surface area contributed by atoms with Gasteiger partial charge in [0.05, 0.1) is 6.42 Å². The van der Waals surface area contributed by atoms with Crippen LogP contribution in [0, 0.1) is 6.92 Å². The summed E-state index contributed by atoms with van der Waals surface area (Å²) in [5.74, 6) is -0.0434. The van der Waals surface area contributed by atoms with Crippen LogP contribution in [0.3, 0.4) is 0 Å². The summed E-state index contributed by atoms with van der Waals surface area (Å²) < 4.78 is 0. The largest absolute Gasteiger partial charge is 0.481 e. The molecule has 150 valence electrons. The maximum absolute atomic E-state index is 11.2. The zero-order valence-corrected chi connectivity index (χ0v) is 16.9. The van der Waals surface area contributed by atoms with Crippen LogP contribution in [0.15, 0.2) is 24.5 Å². The van der Waals surface area contributed by atoms with Crippen molar-refractivity contribution in [3.63, 3.8) is 0 Å². The Morgan fingerprint density at radius 1 is 1.07 bits per heavy atom. The van der Waals surface area contributed by atoms with Gasteiger partial charge in [0.25, 0.3) is 0 Å². The lowest BCUT2D eigenvalue weighted by Crippen LogP contribution is -2.08. The number of aliphatic carboxylic acids is 1. The number of carboxylic acid groups (broad SMARTS) is 1. The molecule has 1 unspecified atom stereocenters. The Kier molecular flexibility index (Phi) is 7.52. The van der Waals surface area contributed by atoms with Crippen LogP contribution in [-0.4, -0.2) is 26.0 Å². The fourth-order valence-corrected chi connectivity index (χ4v) is 4.03. The standard InChI is InChI=1S/C23H31N3O2/c1-17-24-15-20(16-25-17)19(14-23(27)28)9-4-2-3-5-10-21-13-12-18-8-6-7-11-22(18)26-21/h12-13,15-16,19H,2-11,14H2,1H3,(H,27,28). The highest BCUT2D eigenvalue weighted by Crippen LogP contribution is 2.26. The molecule has 2 heterocycles. The van der Waals surface area contributed by atoms with E-state index in [0.29, 0.717) is 5.82 Å². The van der Waals surface area contributed by atoms with Gasteiger partial charge in [-0.15, -0.1) is 0 Å². The van der Waals surface area contributed by atoms with Crippen LogP contribution in [-0.2, 0) is 24.1 Å². The summed E-state index contributed by atoms with van der Waals surface area (Å²) in [7, 11) is 0. The second kappa shape index (κ2) is 10.3. The van der Waals surface area contributed by atoms with Gasteiger partial charge < -0.3 is 5.11 Å². The molecule has 0 saturated heterocycles. The summed E-state index contributed by atoms with van der Waals surface area (Å²) in [5, 5.41) is 9.20. The topological polar surface area (TPSA) is 76.0 Å². The lowest BCUT2D eigenvalue weighted by Gasteiger charge is -2.15. The molecule has 0 spiro atoms. The summed E-state index contributed by atoms with van der Waals surface area (Å²) in [6.07, 6.45) is 14.9. The third-order valence-corrected chi connectivity index (χ3v) is 5.66. The van der Waals surface area contributed by atoms with Gasteiger partial charge in [-0.25, -0.2) is 9.97 Å². The Hall–Kier alpha value is -2.30. The highest BCUT2D eigenvalue weighted by molar-refractivity contribution is 5.68. The molecule has 1 aliphatic carbocycles. The van der Waals surface area contributed by atoms with Crippen molar-refractivity contribution in [3.8, 4) is 0 Å². The molecule has 0 aliphatic heterocycles. The van der Waals surface area contributed by atoms with Gasteiger partial charge in [0.2, 0.25) is 0 Å². The SMILES string of the molecule is Cc1ncc(C(CCCCCCc2ccc3c(n2)CCCC3)CC(=O)O)cn1. The molecular formula is C23H31N3O2. The Morgan fingerprint density at radius 3 is 2.61 bits per heavy atom. The average Bonchev–Trinajstić information content (AvgIpc) is 2.70. The zero-order chi connectivity index (χ0) is 19.8. The lowest BCUT2D eigenvalue weighted by molar-refractivity contribution is -0.137. The molecule has 2 aromatic heterocycles. The maximum Gasteiger partial charge on any atom is 0.303 e. The van der Waals surface area contributed by atoms with Crippen molar-refractivity contribution in [2.24, 2.45) is 0 Å². The molecule has 1 N–H and O–H groups in total. The van der Waals surface area contributed by atoms with Gasteiger partial charge in [-0.05, 0) is 75.0 Å². The number of carbonyl (C=O) groups is 1. The minimum absolute atomic E-state index is 0.000382. The van der Waals surface area contributed by atoms with E-state index in [0.717, 1.165) is 50.5 Å². The van der Waals surface area contributed by atoms with Gasteiger partial charge in [0.1, 0.15) is 5.82 Å². The van der Waals surface area contributed by atoms with Crippen molar-refractivity contribution in [2.75, 3.05) is 0 Å². The van der Waals surface area contributed by atoms with Crippen LogP contribution in [0.4, 0.5) is 0 Å². The van der Waals surface area contributed by atoms with Gasteiger partial charge in [0.15, 0.2) is 0 Å². The summed E-state index contributed by atoms with van der Waals surface area (Å²) >= 11 is 0. The number of pyridine rings is 1. The normalized spacial score (nSPS) is 14.5. The molecule has 0 fully saturated rings. The molecule has 1 atom stereocenters. The first kappa shape index (κ1) is 20.4. The number of unbranched alkanes of at least 4 members (excludes halogenated alkanes) is 3. The second-order valence-corrected chi connectivity index (χ2v) is 7.93. The quantitative estimate of drug-likeness (QED) is 0.598. The summed E-state index contributed by atoms with van der Waals surface area (Å²) in [6, 6.07) is 4.47. The summed E-state index contributed by atoms with van der Waals surface area (Å²) in [5.41, 5.74) is 4.92. The first-order chi connectivity index (χ1) is 13.6. The molecule has 1 aliphatic rings. The van der Waals surface area contributed by atoms with Crippen LogP contribution in [0.25, 0.3) is 0 Å². The Balaban J connectivity index is 1.40. The number of carboxylic acids is 1. The van der Waals surface area contributed by atoms with Crippen molar-refractivity contribution < 1.29 is 9.90 Å². The van der Waals surface area contributed by atoms with E-state index in [1.807, 2.05) is 6.92 Å². The minimum atomic E-state index is -0.760. The van der Waals surface area contributed by atoms with Crippen LogP contribution in [0.1, 0.15) is 85.6 Å². The fraction of sp³-hybridized carbons (Fsp3) is 0.565. The van der Waals surface area contributed by atoms with Gasteiger partial charge in [-0.3, -0.25) is 9.78 Å². The van der Waals surface area contributed by atoms with Gasteiger partial charge in [-0.1, -0.05) is 25.3 Å². The monoisotopic (exact) mass is 381 g/mol. The zero-order valence-electron chi connectivity index (χ0n) is 16.9. The molecule has 0 aromatic carbocycles. The van der Waals surface area contributed by atoms with Gasteiger partial charge >= 0.3 is 5.97 Å². The number of aromatic nitrogens is 3. The third-order valence-electron chi connectivity index (χ3n) is 5.66. The van der Waals surface area contributed by atoms with Crippen molar-refractivity contribution in [2.45, 2.75) is 83.5 Å². The van der Waals surface area contributed by atoms with Crippen molar-refractivity contribution in [1.82, 2.24) is 15.0 Å². The minimum Gasteiger partial charge on any atom is -0.481 e. The molecule has 2 aromatic rings. The Labute approximate surface area is 167 Å². The Morgan fingerprint density at radius 2 is 1.82 bits per heavy atom. The summed E-state index contributed by atoms with van der Waals surface area (Å²) in [4.78, 5) is 24.5.